The lowest BCUT2D eigenvalue weighted by Crippen LogP contribution is -2.47. The second-order valence-corrected chi connectivity index (χ2v) is 8.93. The number of hydrogen-bond acceptors (Lipinski definition) is 6. The summed E-state index contributed by atoms with van der Waals surface area (Å²) in [7, 11) is 1.43. The summed E-state index contributed by atoms with van der Waals surface area (Å²) in [5, 5.41) is 6.87. The summed E-state index contributed by atoms with van der Waals surface area (Å²) < 4.78 is 20.7. The van der Waals surface area contributed by atoms with Gasteiger partial charge in [0.05, 0.1) is 11.7 Å². The van der Waals surface area contributed by atoms with Crippen molar-refractivity contribution in [3.05, 3.63) is 81.7 Å². The number of carbonyl (C=O) groups is 2. The predicted molar refractivity (Wildman–Crippen MR) is 125 cm³/mol. The van der Waals surface area contributed by atoms with E-state index in [1.165, 1.54) is 11.9 Å². The van der Waals surface area contributed by atoms with E-state index in [2.05, 4.69) is 15.4 Å². The van der Waals surface area contributed by atoms with Crippen LogP contribution in [-0.2, 0) is 23.1 Å². The molecule has 0 bridgehead atoms. The van der Waals surface area contributed by atoms with Crippen molar-refractivity contribution < 1.29 is 18.4 Å². The van der Waals surface area contributed by atoms with E-state index in [9.17, 15) is 18.8 Å². The van der Waals surface area contributed by atoms with E-state index in [0.29, 0.717) is 30.6 Å². The molecule has 184 valence electrons. The Morgan fingerprint density at radius 3 is 2.57 bits per heavy atom. The van der Waals surface area contributed by atoms with Crippen LogP contribution in [0.5, 0.6) is 0 Å². The van der Waals surface area contributed by atoms with Gasteiger partial charge in [-0.1, -0.05) is 50.2 Å². The van der Waals surface area contributed by atoms with Crippen LogP contribution in [0.2, 0.25) is 0 Å². The minimum absolute atomic E-state index is 0.000590. The molecule has 10 heteroatoms. The lowest BCUT2D eigenvalue weighted by atomic mass is 9.99. The van der Waals surface area contributed by atoms with E-state index in [4.69, 9.17) is 4.42 Å². The van der Waals surface area contributed by atoms with Crippen molar-refractivity contribution in [3.63, 3.8) is 0 Å². The average Bonchev–Trinajstić information content (AvgIpc) is 3.44. The van der Waals surface area contributed by atoms with E-state index in [0.717, 1.165) is 10.2 Å². The van der Waals surface area contributed by atoms with Crippen LogP contribution in [0.25, 0.3) is 0 Å². The molecule has 3 aromatic rings. The number of carbonyl (C=O) groups excluding carboxylic acids is 2. The minimum Gasteiger partial charge on any atom is -0.392 e. The maximum absolute atomic E-state index is 14.7. The lowest BCUT2D eigenvalue weighted by molar-refractivity contribution is -0.138. The van der Waals surface area contributed by atoms with E-state index in [1.54, 1.807) is 12.1 Å². The third-order valence-electron chi connectivity index (χ3n) is 6.15. The Bertz CT molecular complexity index is 1270. The first-order chi connectivity index (χ1) is 16.7. The maximum Gasteiger partial charge on any atom is 0.436 e. The van der Waals surface area contributed by atoms with E-state index in [-0.39, 0.29) is 30.0 Å². The molecule has 0 saturated carbocycles. The summed E-state index contributed by atoms with van der Waals surface area (Å²) >= 11 is 0. The summed E-state index contributed by atoms with van der Waals surface area (Å²) in [6, 6.07) is 11.2. The standard InChI is InChI=1S/C25H28FN5O4/c1-15(2)17-11-12-18(27-23(17)26)22(16-8-5-4-6-9-16)28-24(33)19-10-7-13-31(19)21(32)14-20-29-30(3)25(34)35-20/h4-6,8-9,11-12,15,19,22H,7,10,13-14H2,1-3H3,(H,28,33)/t19-,22-/m0/s1. The van der Waals surface area contributed by atoms with Gasteiger partial charge in [-0.15, -0.1) is 5.10 Å². The van der Waals surface area contributed by atoms with Crippen molar-refractivity contribution >= 4 is 11.8 Å². The van der Waals surface area contributed by atoms with Crippen LogP contribution in [-0.4, -0.2) is 44.1 Å². The summed E-state index contributed by atoms with van der Waals surface area (Å²) in [5.74, 6) is -1.96. The van der Waals surface area contributed by atoms with Gasteiger partial charge in [-0.2, -0.15) is 9.07 Å². The normalized spacial score (nSPS) is 16.5. The summed E-state index contributed by atoms with van der Waals surface area (Å²) in [5.41, 5.74) is 1.62. The number of amides is 2. The third kappa shape index (κ3) is 5.31. The van der Waals surface area contributed by atoms with Crippen molar-refractivity contribution in [2.75, 3.05) is 6.54 Å². The fraction of sp³-hybridized carbons (Fsp3) is 0.400. The Morgan fingerprint density at radius 1 is 1.20 bits per heavy atom. The van der Waals surface area contributed by atoms with Gasteiger partial charge in [0.25, 0.3) is 0 Å². The van der Waals surface area contributed by atoms with Gasteiger partial charge in [0.2, 0.25) is 23.7 Å². The number of nitrogens with zero attached hydrogens (tertiary/aromatic N) is 4. The molecule has 9 nitrogen and oxygen atoms in total. The highest BCUT2D eigenvalue weighted by molar-refractivity contribution is 5.89. The minimum atomic E-state index is -0.705. The van der Waals surface area contributed by atoms with Gasteiger partial charge in [-0.3, -0.25) is 9.59 Å². The molecule has 4 rings (SSSR count). The van der Waals surface area contributed by atoms with Gasteiger partial charge in [0.15, 0.2) is 0 Å². The maximum atomic E-state index is 14.7. The van der Waals surface area contributed by atoms with Gasteiger partial charge in [0, 0.05) is 19.2 Å². The molecule has 3 heterocycles. The highest BCUT2D eigenvalue weighted by Gasteiger charge is 2.36. The van der Waals surface area contributed by atoms with Gasteiger partial charge in [-0.25, -0.2) is 9.78 Å². The fourth-order valence-electron chi connectivity index (χ4n) is 4.30. The summed E-state index contributed by atoms with van der Waals surface area (Å²) in [6.07, 6.45) is 0.923. The summed E-state index contributed by atoms with van der Waals surface area (Å²) in [6.45, 7) is 4.18. The molecule has 0 radical (unpaired) electrons. The predicted octanol–water partition coefficient (Wildman–Crippen LogP) is 2.47. The fourth-order valence-corrected chi connectivity index (χ4v) is 4.30. The Kier molecular flexibility index (Phi) is 7.09. The van der Waals surface area contributed by atoms with Crippen LogP contribution in [0.1, 0.15) is 61.4 Å². The third-order valence-corrected chi connectivity index (χ3v) is 6.15. The largest absolute Gasteiger partial charge is 0.436 e. The SMILES string of the molecule is CC(C)c1ccc([C@@H](NC(=O)[C@@H]2CCCN2C(=O)Cc2nn(C)c(=O)o2)c2ccccc2)nc1F. The molecule has 0 aliphatic carbocycles. The molecule has 1 aliphatic heterocycles. The van der Waals surface area contributed by atoms with Crippen LogP contribution in [0.4, 0.5) is 4.39 Å². The lowest BCUT2D eigenvalue weighted by Gasteiger charge is -2.26. The first-order valence-electron chi connectivity index (χ1n) is 11.6. The zero-order valence-corrected chi connectivity index (χ0v) is 19.9. The zero-order chi connectivity index (χ0) is 25.1. The van der Waals surface area contributed by atoms with Crippen LogP contribution in [0.3, 0.4) is 0 Å². The molecule has 0 spiro atoms. The van der Waals surface area contributed by atoms with Crippen LogP contribution >= 0.6 is 0 Å². The van der Waals surface area contributed by atoms with Crippen LogP contribution in [0.15, 0.2) is 51.7 Å². The van der Waals surface area contributed by atoms with E-state index >= 15 is 0 Å². The number of hydrogen-bond donors (Lipinski definition) is 1. The molecular formula is C25H28FN5O4. The quantitative estimate of drug-likeness (QED) is 0.519. The second-order valence-electron chi connectivity index (χ2n) is 8.93. The Labute approximate surface area is 202 Å². The van der Waals surface area contributed by atoms with Gasteiger partial charge in [-0.05, 0) is 30.4 Å². The number of aryl methyl sites for hydroxylation is 1. The number of benzene rings is 1. The van der Waals surface area contributed by atoms with Crippen LogP contribution in [0, 0.1) is 5.95 Å². The van der Waals surface area contributed by atoms with E-state index < -0.39 is 23.8 Å². The molecular weight excluding hydrogens is 453 g/mol. The number of rotatable bonds is 7. The highest BCUT2D eigenvalue weighted by Crippen LogP contribution is 2.26. The van der Waals surface area contributed by atoms with Crippen LogP contribution < -0.4 is 11.1 Å². The highest BCUT2D eigenvalue weighted by atomic mass is 19.1. The molecule has 2 amide bonds. The second kappa shape index (κ2) is 10.2. The molecule has 2 atom stereocenters. The molecule has 0 unspecified atom stereocenters. The van der Waals surface area contributed by atoms with Crippen molar-refractivity contribution in [1.29, 1.82) is 0 Å². The van der Waals surface area contributed by atoms with Gasteiger partial charge >= 0.3 is 5.76 Å². The zero-order valence-electron chi connectivity index (χ0n) is 19.9. The number of likely N-dealkylation sites (tertiary alicyclic amines) is 1. The molecule has 35 heavy (non-hydrogen) atoms. The van der Waals surface area contributed by atoms with Crippen molar-refractivity contribution in [3.8, 4) is 0 Å². The van der Waals surface area contributed by atoms with Crippen molar-refractivity contribution in [2.45, 2.75) is 51.1 Å². The molecule has 2 aromatic heterocycles. The number of aromatic nitrogens is 3. The van der Waals surface area contributed by atoms with Crippen molar-refractivity contribution in [2.24, 2.45) is 7.05 Å². The summed E-state index contributed by atoms with van der Waals surface area (Å²) in [4.78, 5) is 43.4. The average molecular weight is 482 g/mol. The Hall–Kier alpha value is -3.82. The topological polar surface area (TPSA) is 110 Å². The number of halogens is 1. The van der Waals surface area contributed by atoms with E-state index in [1.807, 2.05) is 44.2 Å². The monoisotopic (exact) mass is 481 g/mol. The molecule has 1 aromatic carbocycles. The van der Waals surface area contributed by atoms with Gasteiger partial charge < -0.3 is 14.6 Å². The number of nitrogens with one attached hydrogen (secondary N) is 1. The first-order valence-corrected chi connectivity index (χ1v) is 11.6. The Balaban J connectivity index is 1.56. The molecule has 1 saturated heterocycles. The smallest absolute Gasteiger partial charge is 0.392 e. The first kappa shape index (κ1) is 24.3. The van der Waals surface area contributed by atoms with Crippen molar-refractivity contribution in [1.82, 2.24) is 25.0 Å². The van der Waals surface area contributed by atoms with Gasteiger partial charge in [0.1, 0.15) is 12.5 Å². The molecule has 1 aliphatic rings. The number of pyridine rings is 1. The molecule has 1 N–H and O–H groups in total. The Morgan fingerprint density at radius 2 is 1.94 bits per heavy atom. The molecule has 1 fully saturated rings.